The van der Waals surface area contributed by atoms with E-state index in [0.717, 1.165) is 17.8 Å². The van der Waals surface area contributed by atoms with Crippen molar-refractivity contribution >= 4 is 0 Å². The smallest absolute Gasteiger partial charge is 0.0740 e. The lowest BCUT2D eigenvalue weighted by Crippen LogP contribution is -1.96. The van der Waals surface area contributed by atoms with Crippen LogP contribution in [0.25, 0.3) is 11.3 Å². The van der Waals surface area contributed by atoms with Gasteiger partial charge >= 0.3 is 0 Å². The van der Waals surface area contributed by atoms with Gasteiger partial charge in [-0.15, -0.1) is 0 Å². The van der Waals surface area contributed by atoms with Crippen LogP contribution in [-0.2, 0) is 6.42 Å². The van der Waals surface area contributed by atoms with Crippen LogP contribution in [0, 0.1) is 6.92 Å². The van der Waals surface area contributed by atoms with Crippen molar-refractivity contribution in [1.29, 1.82) is 0 Å². The zero-order valence-electron chi connectivity index (χ0n) is 11.6. The summed E-state index contributed by atoms with van der Waals surface area (Å²) in [4.78, 5) is 4.74. The molecule has 0 N–H and O–H groups in total. The number of nitrogens with zero attached hydrogens (tertiary/aromatic N) is 1. The zero-order chi connectivity index (χ0) is 13.8. The van der Waals surface area contributed by atoms with E-state index in [4.69, 9.17) is 4.98 Å². The quantitative estimate of drug-likeness (QED) is 0.667. The van der Waals surface area contributed by atoms with E-state index < -0.39 is 0 Å². The van der Waals surface area contributed by atoms with Crippen molar-refractivity contribution in [2.45, 2.75) is 13.3 Å². The molecule has 20 heavy (non-hydrogen) atoms. The fourth-order valence-corrected chi connectivity index (χ4v) is 2.39. The Morgan fingerprint density at radius 1 is 0.750 bits per heavy atom. The van der Waals surface area contributed by atoms with Gasteiger partial charge in [0.05, 0.1) is 5.69 Å². The van der Waals surface area contributed by atoms with Gasteiger partial charge < -0.3 is 0 Å². The highest BCUT2D eigenvalue weighted by Crippen LogP contribution is 2.24. The lowest BCUT2D eigenvalue weighted by molar-refractivity contribution is 1.11. The van der Waals surface area contributed by atoms with Crippen molar-refractivity contribution in [3.63, 3.8) is 0 Å². The van der Waals surface area contributed by atoms with Crippen LogP contribution in [-0.4, -0.2) is 4.98 Å². The third-order valence-electron chi connectivity index (χ3n) is 3.40. The van der Waals surface area contributed by atoms with Crippen LogP contribution in [0.2, 0.25) is 0 Å². The lowest BCUT2D eigenvalue weighted by Gasteiger charge is -2.10. The highest BCUT2D eigenvalue weighted by molar-refractivity contribution is 5.63. The number of rotatable bonds is 3. The van der Waals surface area contributed by atoms with Crippen molar-refractivity contribution < 1.29 is 0 Å². The second-order valence-corrected chi connectivity index (χ2v) is 4.99. The molecule has 0 unspecified atom stereocenters. The molecule has 2 aromatic carbocycles. The second-order valence-electron chi connectivity index (χ2n) is 4.99. The Bertz CT molecular complexity index is 687. The van der Waals surface area contributed by atoms with Crippen LogP contribution in [0.5, 0.6) is 0 Å². The highest BCUT2D eigenvalue weighted by atomic mass is 14.7. The summed E-state index contributed by atoms with van der Waals surface area (Å²) < 4.78 is 0. The largest absolute Gasteiger partial charge is 0.253 e. The fourth-order valence-electron chi connectivity index (χ4n) is 2.39. The minimum Gasteiger partial charge on any atom is -0.253 e. The number of aryl methyl sites for hydroxylation is 1. The van der Waals surface area contributed by atoms with Gasteiger partial charge in [0.2, 0.25) is 0 Å². The maximum atomic E-state index is 4.74. The normalized spacial score (nSPS) is 10.4. The molecule has 0 bridgehead atoms. The molecule has 3 rings (SSSR count). The molecule has 1 nitrogen and oxygen atoms in total. The van der Waals surface area contributed by atoms with E-state index in [9.17, 15) is 0 Å². The summed E-state index contributed by atoms with van der Waals surface area (Å²) in [6.07, 6.45) is 0.915. The number of benzene rings is 2. The molecule has 0 spiro atoms. The van der Waals surface area contributed by atoms with Gasteiger partial charge in [-0.3, -0.25) is 4.98 Å². The third kappa shape index (κ3) is 2.77. The summed E-state index contributed by atoms with van der Waals surface area (Å²) in [7, 11) is 0. The first kappa shape index (κ1) is 12.6. The molecule has 0 aliphatic rings. The van der Waals surface area contributed by atoms with Crippen molar-refractivity contribution in [2.24, 2.45) is 0 Å². The molecule has 0 atom stereocenters. The van der Waals surface area contributed by atoms with Crippen molar-refractivity contribution in [2.75, 3.05) is 0 Å². The molecule has 1 heterocycles. The Morgan fingerprint density at radius 2 is 1.40 bits per heavy atom. The monoisotopic (exact) mass is 259 g/mol. The van der Waals surface area contributed by atoms with Crippen LogP contribution >= 0.6 is 0 Å². The highest BCUT2D eigenvalue weighted by Gasteiger charge is 2.07. The van der Waals surface area contributed by atoms with Crippen molar-refractivity contribution in [3.8, 4) is 11.3 Å². The summed E-state index contributed by atoms with van der Waals surface area (Å²) >= 11 is 0. The first-order chi connectivity index (χ1) is 9.83. The maximum Gasteiger partial charge on any atom is 0.0740 e. The van der Waals surface area contributed by atoms with Crippen LogP contribution in [0.3, 0.4) is 0 Å². The molecule has 3 aromatic rings. The summed E-state index contributed by atoms with van der Waals surface area (Å²) in [5, 5.41) is 0. The number of aromatic nitrogens is 1. The van der Waals surface area contributed by atoms with Gasteiger partial charge in [-0.2, -0.15) is 0 Å². The van der Waals surface area contributed by atoms with E-state index >= 15 is 0 Å². The third-order valence-corrected chi connectivity index (χ3v) is 3.40. The standard InChI is InChI=1S/C19H17N/c1-15-12-13-18(14-16-8-4-2-5-9-16)19(20-15)17-10-6-3-7-11-17/h2-13H,14H2,1H3. The molecular formula is C19H17N. The van der Waals surface area contributed by atoms with Gasteiger partial charge in [-0.1, -0.05) is 66.7 Å². The first-order valence-corrected chi connectivity index (χ1v) is 6.89. The average molecular weight is 259 g/mol. The van der Waals surface area contributed by atoms with Crippen LogP contribution in [0.1, 0.15) is 16.8 Å². The van der Waals surface area contributed by atoms with E-state index in [1.54, 1.807) is 0 Å². The van der Waals surface area contributed by atoms with Gasteiger partial charge in [-0.25, -0.2) is 0 Å². The summed E-state index contributed by atoms with van der Waals surface area (Å²) in [5.74, 6) is 0. The number of pyridine rings is 1. The predicted molar refractivity (Wildman–Crippen MR) is 83.7 cm³/mol. The Labute approximate surface area is 119 Å². The second kappa shape index (κ2) is 5.70. The Kier molecular flexibility index (Phi) is 3.60. The SMILES string of the molecule is Cc1ccc(Cc2ccccc2)c(-c2ccccc2)n1. The topological polar surface area (TPSA) is 12.9 Å². The minimum atomic E-state index is 0.915. The van der Waals surface area contributed by atoms with Crippen molar-refractivity contribution in [3.05, 3.63) is 89.6 Å². The summed E-state index contributed by atoms with van der Waals surface area (Å²) in [5.41, 5.74) is 5.92. The molecule has 0 radical (unpaired) electrons. The Hall–Kier alpha value is -2.41. The van der Waals surface area contributed by atoms with E-state index in [1.807, 2.05) is 13.0 Å². The van der Waals surface area contributed by atoms with Crippen LogP contribution in [0.4, 0.5) is 0 Å². The molecule has 98 valence electrons. The van der Waals surface area contributed by atoms with Gasteiger partial charge in [0.1, 0.15) is 0 Å². The van der Waals surface area contributed by atoms with Crippen LogP contribution < -0.4 is 0 Å². The van der Waals surface area contributed by atoms with Gasteiger partial charge in [-0.05, 0) is 30.5 Å². The predicted octanol–water partition coefficient (Wildman–Crippen LogP) is 4.65. The Morgan fingerprint density at radius 3 is 2.10 bits per heavy atom. The maximum absolute atomic E-state index is 4.74. The average Bonchev–Trinajstić information content (AvgIpc) is 2.51. The molecule has 1 aromatic heterocycles. The summed E-state index contributed by atoms with van der Waals surface area (Å²) in [6, 6.07) is 25.2. The molecule has 0 aliphatic carbocycles. The summed E-state index contributed by atoms with van der Waals surface area (Å²) in [6.45, 7) is 2.04. The fraction of sp³-hybridized carbons (Fsp3) is 0.105. The van der Waals surface area contributed by atoms with Gasteiger partial charge in [0.15, 0.2) is 0 Å². The van der Waals surface area contributed by atoms with E-state index in [2.05, 4.69) is 66.7 Å². The Balaban J connectivity index is 2.03. The zero-order valence-corrected chi connectivity index (χ0v) is 11.6. The van der Waals surface area contributed by atoms with Gasteiger partial charge in [0.25, 0.3) is 0 Å². The lowest BCUT2D eigenvalue weighted by atomic mass is 9.99. The van der Waals surface area contributed by atoms with E-state index in [1.165, 1.54) is 16.7 Å². The molecule has 0 fully saturated rings. The van der Waals surface area contributed by atoms with Crippen molar-refractivity contribution in [1.82, 2.24) is 4.98 Å². The van der Waals surface area contributed by atoms with Crippen LogP contribution in [0.15, 0.2) is 72.8 Å². The number of hydrogen-bond acceptors (Lipinski definition) is 1. The first-order valence-electron chi connectivity index (χ1n) is 6.89. The molecular weight excluding hydrogens is 242 g/mol. The molecule has 0 saturated heterocycles. The molecule has 0 saturated carbocycles. The minimum absolute atomic E-state index is 0.915. The van der Waals surface area contributed by atoms with E-state index in [0.29, 0.717) is 0 Å². The molecule has 0 amide bonds. The van der Waals surface area contributed by atoms with E-state index in [-0.39, 0.29) is 0 Å². The van der Waals surface area contributed by atoms with Gasteiger partial charge in [0, 0.05) is 11.3 Å². The molecule has 1 heteroatoms. The molecule has 0 aliphatic heterocycles. The number of hydrogen-bond donors (Lipinski definition) is 0.